The summed E-state index contributed by atoms with van der Waals surface area (Å²) in [5.74, 6) is 0.887. The monoisotopic (exact) mass is 348 g/mol. The highest BCUT2D eigenvalue weighted by atomic mass is 16.5. The molecule has 0 spiro atoms. The van der Waals surface area contributed by atoms with E-state index >= 15 is 0 Å². The molecule has 0 amide bonds. The van der Waals surface area contributed by atoms with Crippen molar-refractivity contribution in [1.29, 1.82) is 0 Å². The van der Waals surface area contributed by atoms with Crippen molar-refractivity contribution in [2.45, 2.75) is 32.0 Å². The Balaban J connectivity index is 1.47. The van der Waals surface area contributed by atoms with Gasteiger partial charge >= 0.3 is 0 Å². The van der Waals surface area contributed by atoms with E-state index in [2.05, 4.69) is 52.5 Å². The molecule has 1 fully saturated rings. The van der Waals surface area contributed by atoms with Gasteiger partial charge < -0.3 is 9.26 Å². The minimum absolute atomic E-state index is 0.315. The fraction of sp³-hybridized carbons (Fsp3) is 0.318. The summed E-state index contributed by atoms with van der Waals surface area (Å²) in [6.45, 7) is 3.40. The molecule has 134 valence electrons. The Morgan fingerprint density at radius 3 is 2.46 bits per heavy atom. The predicted octanol–water partition coefficient (Wildman–Crippen LogP) is 4.52. The van der Waals surface area contributed by atoms with E-state index in [1.165, 1.54) is 5.56 Å². The van der Waals surface area contributed by atoms with Gasteiger partial charge in [0.25, 0.3) is 0 Å². The van der Waals surface area contributed by atoms with E-state index in [4.69, 9.17) is 9.26 Å². The van der Waals surface area contributed by atoms with E-state index < -0.39 is 0 Å². The lowest BCUT2D eigenvalue weighted by molar-refractivity contribution is 0.0647. The zero-order valence-electron chi connectivity index (χ0n) is 14.9. The highest BCUT2D eigenvalue weighted by Crippen LogP contribution is 2.21. The second-order valence-corrected chi connectivity index (χ2v) is 6.83. The van der Waals surface area contributed by atoms with Crippen LogP contribution in [-0.4, -0.2) is 29.3 Å². The van der Waals surface area contributed by atoms with Gasteiger partial charge in [-0.05, 0) is 18.4 Å². The molecule has 1 aliphatic rings. The first kappa shape index (κ1) is 17.0. The second-order valence-electron chi connectivity index (χ2n) is 6.83. The van der Waals surface area contributed by atoms with Crippen molar-refractivity contribution in [2.75, 3.05) is 13.2 Å². The van der Waals surface area contributed by atoms with Gasteiger partial charge in [0.1, 0.15) is 5.69 Å². The minimum Gasteiger partial charge on any atom is -0.377 e. The summed E-state index contributed by atoms with van der Waals surface area (Å²) in [7, 11) is 0. The summed E-state index contributed by atoms with van der Waals surface area (Å²) < 4.78 is 11.5. The van der Waals surface area contributed by atoms with E-state index in [0.717, 1.165) is 56.1 Å². The predicted molar refractivity (Wildman–Crippen MR) is 101 cm³/mol. The quantitative estimate of drug-likeness (QED) is 0.629. The number of benzene rings is 2. The van der Waals surface area contributed by atoms with Crippen LogP contribution in [0.2, 0.25) is 0 Å². The molecule has 2 aromatic carbocycles. The molecule has 26 heavy (non-hydrogen) atoms. The molecule has 1 unspecified atom stereocenters. The van der Waals surface area contributed by atoms with Gasteiger partial charge in [-0.1, -0.05) is 65.8 Å². The molecule has 0 bridgehead atoms. The van der Waals surface area contributed by atoms with Crippen molar-refractivity contribution in [2.24, 2.45) is 0 Å². The summed E-state index contributed by atoms with van der Waals surface area (Å²) in [5, 5.41) is 4.25. The Hall–Kier alpha value is -2.43. The van der Waals surface area contributed by atoms with Crippen LogP contribution in [-0.2, 0) is 17.8 Å². The molecule has 0 radical (unpaired) electrons. The van der Waals surface area contributed by atoms with Crippen molar-refractivity contribution >= 4 is 0 Å². The normalized spacial score (nSPS) is 17.0. The zero-order valence-corrected chi connectivity index (χ0v) is 14.9. The minimum atomic E-state index is 0.315. The summed E-state index contributed by atoms with van der Waals surface area (Å²) in [5.41, 5.74) is 3.27. The number of nitrogens with zero attached hydrogens (tertiary/aromatic N) is 2. The molecule has 1 aliphatic heterocycles. The maximum Gasteiger partial charge on any atom is 0.151 e. The Kier molecular flexibility index (Phi) is 5.43. The van der Waals surface area contributed by atoms with E-state index in [1.807, 2.05) is 24.3 Å². The van der Waals surface area contributed by atoms with Crippen LogP contribution < -0.4 is 0 Å². The van der Waals surface area contributed by atoms with Gasteiger partial charge in [0.05, 0.1) is 12.6 Å². The lowest BCUT2D eigenvalue weighted by atomic mass is 10.1. The van der Waals surface area contributed by atoms with Crippen LogP contribution in [0.4, 0.5) is 0 Å². The van der Waals surface area contributed by atoms with Gasteiger partial charge in [0.15, 0.2) is 5.76 Å². The molecule has 4 heteroatoms. The molecule has 1 saturated heterocycles. The summed E-state index contributed by atoms with van der Waals surface area (Å²) >= 11 is 0. The van der Waals surface area contributed by atoms with Crippen LogP contribution in [0.5, 0.6) is 0 Å². The van der Waals surface area contributed by atoms with Gasteiger partial charge in [-0.15, -0.1) is 0 Å². The van der Waals surface area contributed by atoms with Crippen molar-refractivity contribution in [3.05, 3.63) is 78.1 Å². The molecule has 3 aromatic rings. The molecule has 0 saturated carbocycles. The van der Waals surface area contributed by atoms with Crippen molar-refractivity contribution in [3.63, 3.8) is 0 Å². The maximum absolute atomic E-state index is 5.85. The Labute approximate surface area is 154 Å². The highest BCUT2D eigenvalue weighted by Gasteiger charge is 2.21. The second kappa shape index (κ2) is 8.30. The first-order valence-electron chi connectivity index (χ1n) is 9.26. The number of aromatic nitrogens is 1. The van der Waals surface area contributed by atoms with Crippen LogP contribution in [0, 0.1) is 0 Å². The van der Waals surface area contributed by atoms with Gasteiger partial charge in [-0.25, -0.2) is 0 Å². The summed E-state index contributed by atoms with van der Waals surface area (Å²) in [6, 6.07) is 22.7. The maximum atomic E-state index is 5.85. The Morgan fingerprint density at radius 1 is 0.962 bits per heavy atom. The van der Waals surface area contributed by atoms with Gasteiger partial charge in [-0.3, -0.25) is 4.90 Å². The van der Waals surface area contributed by atoms with Crippen LogP contribution in [0.1, 0.15) is 24.2 Å². The SMILES string of the molecule is c1ccc(CN(Cc2cc(-c3ccccc3)no2)CC2CCCO2)cc1. The zero-order chi connectivity index (χ0) is 17.6. The van der Waals surface area contributed by atoms with Crippen LogP contribution in [0.15, 0.2) is 71.3 Å². The standard InChI is InChI=1S/C22H24N2O2/c1-3-8-18(9-4-1)15-24(16-20-12-7-13-25-20)17-21-14-22(23-26-21)19-10-5-2-6-11-19/h1-6,8-11,14,20H,7,12-13,15-17H2. The number of hydrogen-bond acceptors (Lipinski definition) is 4. The van der Waals surface area contributed by atoms with Crippen LogP contribution in [0.3, 0.4) is 0 Å². The molecule has 4 rings (SSSR count). The van der Waals surface area contributed by atoms with E-state index in [9.17, 15) is 0 Å². The summed E-state index contributed by atoms with van der Waals surface area (Å²) in [6.07, 6.45) is 2.61. The highest BCUT2D eigenvalue weighted by molar-refractivity contribution is 5.58. The van der Waals surface area contributed by atoms with Gasteiger partial charge in [0, 0.05) is 31.3 Å². The molecule has 0 aliphatic carbocycles. The van der Waals surface area contributed by atoms with E-state index in [-0.39, 0.29) is 0 Å². The summed E-state index contributed by atoms with van der Waals surface area (Å²) in [4.78, 5) is 2.39. The Morgan fingerprint density at radius 2 is 1.73 bits per heavy atom. The molecule has 0 N–H and O–H groups in total. The topological polar surface area (TPSA) is 38.5 Å². The molecule has 1 atom stereocenters. The number of hydrogen-bond donors (Lipinski definition) is 0. The van der Waals surface area contributed by atoms with Crippen molar-refractivity contribution < 1.29 is 9.26 Å². The lowest BCUT2D eigenvalue weighted by Gasteiger charge is -2.24. The third-order valence-electron chi connectivity index (χ3n) is 4.74. The number of ether oxygens (including phenoxy) is 1. The molecule has 2 heterocycles. The van der Waals surface area contributed by atoms with Crippen LogP contribution >= 0.6 is 0 Å². The third kappa shape index (κ3) is 4.40. The van der Waals surface area contributed by atoms with Gasteiger partial charge in [-0.2, -0.15) is 0 Å². The van der Waals surface area contributed by atoms with E-state index in [1.54, 1.807) is 0 Å². The van der Waals surface area contributed by atoms with Gasteiger partial charge in [0.2, 0.25) is 0 Å². The average molecular weight is 348 g/mol. The third-order valence-corrected chi connectivity index (χ3v) is 4.74. The fourth-order valence-electron chi connectivity index (χ4n) is 3.46. The lowest BCUT2D eigenvalue weighted by Crippen LogP contribution is -2.31. The molecular weight excluding hydrogens is 324 g/mol. The van der Waals surface area contributed by atoms with E-state index in [0.29, 0.717) is 6.10 Å². The molecule has 4 nitrogen and oxygen atoms in total. The fourth-order valence-corrected chi connectivity index (χ4v) is 3.46. The largest absolute Gasteiger partial charge is 0.377 e. The van der Waals surface area contributed by atoms with Crippen LogP contribution in [0.25, 0.3) is 11.3 Å². The van der Waals surface area contributed by atoms with Crippen molar-refractivity contribution in [1.82, 2.24) is 10.1 Å². The van der Waals surface area contributed by atoms with Crippen molar-refractivity contribution in [3.8, 4) is 11.3 Å². The Bertz CT molecular complexity index is 795. The molecular formula is C22H24N2O2. The molecule has 1 aromatic heterocycles. The smallest absolute Gasteiger partial charge is 0.151 e. The number of rotatable bonds is 7. The first-order valence-corrected chi connectivity index (χ1v) is 9.26. The average Bonchev–Trinajstić information content (AvgIpc) is 3.35. The first-order chi connectivity index (χ1) is 12.9.